The molecule has 0 atom stereocenters. The van der Waals surface area contributed by atoms with Gasteiger partial charge in [0.05, 0.1) is 4.90 Å². The van der Waals surface area contributed by atoms with Crippen molar-refractivity contribution in [3.63, 3.8) is 0 Å². The third-order valence-corrected chi connectivity index (χ3v) is 8.62. The van der Waals surface area contributed by atoms with E-state index in [2.05, 4.69) is 11.0 Å². The summed E-state index contributed by atoms with van der Waals surface area (Å²) in [6.45, 7) is 3.02. The minimum Gasteiger partial charge on any atom is -0.508 e. The molecule has 0 amide bonds. The number of nitrogens with zero attached hydrogens (tertiary/aromatic N) is 2. The smallest absolute Gasteiger partial charge is 0.243 e. The number of hydrogen-bond acceptors (Lipinski definition) is 4. The first-order valence-corrected chi connectivity index (χ1v) is 12.1. The summed E-state index contributed by atoms with van der Waals surface area (Å²) in [5.41, 5.74) is 6.08. The molecule has 1 aliphatic heterocycles. The van der Waals surface area contributed by atoms with Crippen molar-refractivity contribution in [2.24, 2.45) is 0 Å². The van der Waals surface area contributed by atoms with Crippen LogP contribution in [0.2, 0.25) is 0 Å². The maximum absolute atomic E-state index is 13.1. The van der Waals surface area contributed by atoms with Crippen molar-refractivity contribution in [3.05, 3.63) is 58.1 Å². The van der Waals surface area contributed by atoms with Gasteiger partial charge in [0.2, 0.25) is 10.0 Å². The molecule has 5 nitrogen and oxygen atoms in total. The van der Waals surface area contributed by atoms with Crippen LogP contribution in [0.1, 0.15) is 40.7 Å². The highest BCUT2D eigenvalue weighted by molar-refractivity contribution is 7.89. The van der Waals surface area contributed by atoms with Gasteiger partial charge in [0.25, 0.3) is 0 Å². The first-order valence-electron chi connectivity index (χ1n) is 10.7. The number of phenols is 1. The van der Waals surface area contributed by atoms with E-state index >= 15 is 0 Å². The Morgan fingerprint density at radius 3 is 2.14 bits per heavy atom. The Morgan fingerprint density at radius 1 is 0.793 bits per heavy atom. The molecule has 0 aromatic heterocycles. The second-order valence-corrected chi connectivity index (χ2v) is 10.5. The number of phenolic OH excluding ortho intramolecular Hbond substituents is 1. The van der Waals surface area contributed by atoms with Crippen molar-refractivity contribution in [2.45, 2.75) is 50.0 Å². The van der Waals surface area contributed by atoms with E-state index in [-0.39, 0.29) is 0 Å². The molecule has 1 N–H and O–H groups in total. The van der Waals surface area contributed by atoms with Gasteiger partial charge in [-0.1, -0.05) is 12.1 Å². The molecule has 2 aromatic rings. The quantitative estimate of drug-likeness (QED) is 0.839. The van der Waals surface area contributed by atoms with Crippen LogP contribution >= 0.6 is 0 Å². The molecule has 0 unspecified atom stereocenters. The second-order valence-electron chi connectivity index (χ2n) is 8.57. The lowest BCUT2D eigenvalue weighted by molar-refractivity contribution is 0.180. The Morgan fingerprint density at radius 2 is 1.41 bits per heavy atom. The van der Waals surface area contributed by atoms with E-state index in [4.69, 9.17) is 0 Å². The summed E-state index contributed by atoms with van der Waals surface area (Å²) in [6, 6.07) is 9.71. The van der Waals surface area contributed by atoms with Gasteiger partial charge in [0, 0.05) is 38.3 Å². The predicted octanol–water partition coefficient (Wildman–Crippen LogP) is 2.88. The zero-order chi connectivity index (χ0) is 20.0. The molecule has 0 radical (unpaired) electrons. The highest BCUT2D eigenvalue weighted by Crippen LogP contribution is 2.31. The molecule has 5 rings (SSSR count). The summed E-state index contributed by atoms with van der Waals surface area (Å²) in [5.74, 6) is 0.374. The summed E-state index contributed by atoms with van der Waals surface area (Å²) < 4.78 is 27.8. The molecule has 0 saturated carbocycles. The van der Waals surface area contributed by atoms with Gasteiger partial charge >= 0.3 is 0 Å². The average molecular weight is 413 g/mol. The van der Waals surface area contributed by atoms with Crippen LogP contribution in [-0.4, -0.2) is 48.9 Å². The van der Waals surface area contributed by atoms with Crippen molar-refractivity contribution in [3.8, 4) is 5.75 Å². The lowest BCUT2D eigenvalue weighted by Crippen LogP contribution is -2.48. The molecule has 1 saturated heterocycles. The van der Waals surface area contributed by atoms with Crippen LogP contribution in [-0.2, 0) is 42.3 Å². The third kappa shape index (κ3) is 3.58. The Balaban J connectivity index is 1.26. The molecule has 29 heavy (non-hydrogen) atoms. The van der Waals surface area contributed by atoms with Crippen molar-refractivity contribution in [1.82, 2.24) is 9.21 Å². The van der Waals surface area contributed by atoms with E-state index in [9.17, 15) is 13.5 Å². The van der Waals surface area contributed by atoms with Gasteiger partial charge in [-0.2, -0.15) is 4.31 Å². The van der Waals surface area contributed by atoms with Crippen molar-refractivity contribution in [1.29, 1.82) is 0 Å². The maximum atomic E-state index is 13.1. The van der Waals surface area contributed by atoms with Crippen LogP contribution in [0, 0.1) is 0 Å². The van der Waals surface area contributed by atoms with Gasteiger partial charge in [-0.05, 0) is 79.0 Å². The van der Waals surface area contributed by atoms with E-state index < -0.39 is 10.0 Å². The number of benzene rings is 2. The fourth-order valence-electron chi connectivity index (χ4n) is 5.02. The summed E-state index contributed by atoms with van der Waals surface area (Å²) in [4.78, 5) is 2.67. The lowest BCUT2D eigenvalue weighted by atomic mass is 10.0. The van der Waals surface area contributed by atoms with E-state index in [0.29, 0.717) is 43.4 Å². The Kier molecular flexibility index (Phi) is 4.88. The molecule has 0 spiro atoms. The summed E-state index contributed by atoms with van der Waals surface area (Å²) in [7, 11) is -3.44. The standard InChI is InChI=1S/C23H28N2O3S/c26-23-15-20-6-2-4-18(20)13-21(23)16-24-9-11-25(12-10-24)29(27,28)22-8-7-17-3-1-5-19(17)14-22/h7-8,13-15,26H,1-6,9-12,16H2. The average Bonchev–Trinajstić information content (AvgIpc) is 3.37. The highest BCUT2D eigenvalue weighted by Gasteiger charge is 2.29. The van der Waals surface area contributed by atoms with E-state index in [0.717, 1.165) is 44.1 Å². The first kappa shape index (κ1) is 19.1. The Hall–Kier alpha value is -1.89. The van der Waals surface area contributed by atoms with E-state index in [1.807, 2.05) is 18.2 Å². The topological polar surface area (TPSA) is 60.9 Å². The van der Waals surface area contributed by atoms with E-state index in [1.54, 1.807) is 10.4 Å². The van der Waals surface area contributed by atoms with Gasteiger partial charge in [-0.25, -0.2) is 8.42 Å². The molecular weight excluding hydrogens is 384 g/mol. The lowest BCUT2D eigenvalue weighted by Gasteiger charge is -2.34. The molecule has 1 heterocycles. The molecule has 1 fully saturated rings. The first-order chi connectivity index (χ1) is 14.0. The highest BCUT2D eigenvalue weighted by atomic mass is 32.2. The number of aromatic hydroxyl groups is 1. The number of hydrogen-bond donors (Lipinski definition) is 1. The molecule has 0 bridgehead atoms. The second kappa shape index (κ2) is 7.42. The molecule has 6 heteroatoms. The summed E-state index contributed by atoms with van der Waals surface area (Å²) in [5, 5.41) is 10.4. The van der Waals surface area contributed by atoms with Gasteiger partial charge in [0.15, 0.2) is 0 Å². The zero-order valence-corrected chi connectivity index (χ0v) is 17.5. The van der Waals surface area contributed by atoms with Crippen molar-refractivity contribution in [2.75, 3.05) is 26.2 Å². The van der Waals surface area contributed by atoms with Crippen molar-refractivity contribution >= 4 is 10.0 Å². The SMILES string of the molecule is O=S(=O)(c1ccc2c(c1)CCC2)N1CCN(Cc2cc3c(cc2O)CCC3)CC1. The zero-order valence-electron chi connectivity index (χ0n) is 16.7. The number of fused-ring (bicyclic) bond motifs is 2. The van der Waals surface area contributed by atoms with Crippen LogP contribution < -0.4 is 0 Å². The molecular formula is C23H28N2O3S. The van der Waals surface area contributed by atoms with Crippen LogP contribution in [0.15, 0.2) is 35.2 Å². The van der Waals surface area contributed by atoms with E-state index in [1.165, 1.54) is 22.3 Å². The fourth-order valence-corrected chi connectivity index (χ4v) is 6.49. The Bertz CT molecular complexity index is 1040. The molecule has 3 aliphatic rings. The minimum atomic E-state index is -3.44. The molecule has 2 aromatic carbocycles. The fraction of sp³-hybridized carbons (Fsp3) is 0.478. The van der Waals surface area contributed by atoms with Crippen LogP contribution in [0.4, 0.5) is 0 Å². The monoisotopic (exact) mass is 412 g/mol. The Labute approximate surface area is 173 Å². The van der Waals surface area contributed by atoms with Crippen LogP contribution in [0.25, 0.3) is 0 Å². The third-order valence-electron chi connectivity index (χ3n) is 6.73. The van der Waals surface area contributed by atoms with Crippen molar-refractivity contribution < 1.29 is 13.5 Å². The largest absolute Gasteiger partial charge is 0.508 e. The maximum Gasteiger partial charge on any atom is 0.243 e. The molecule has 2 aliphatic carbocycles. The molecule has 154 valence electrons. The van der Waals surface area contributed by atoms with Gasteiger partial charge in [0.1, 0.15) is 5.75 Å². The van der Waals surface area contributed by atoms with Crippen LogP contribution in [0.3, 0.4) is 0 Å². The van der Waals surface area contributed by atoms with Gasteiger partial charge < -0.3 is 5.11 Å². The van der Waals surface area contributed by atoms with Gasteiger partial charge in [-0.3, -0.25) is 4.90 Å². The predicted molar refractivity (Wildman–Crippen MR) is 113 cm³/mol. The summed E-state index contributed by atoms with van der Waals surface area (Å²) in [6.07, 6.45) is 6.48. The number of aryl methyl sites for hydroxylation is 4. The van der Waals surface area contributed by atoms with Gasteiger partial charge in [-0.15, -0.1) is 0 Å². The number of piperazine rings is 1. The number of sulfonamides is 1. The van der Waals surface area contributed by atoms with Crippen LogP contribution in [0.5, 0.6) is 5.75 Å². The summed E-state index contributed by atoms with van der Waals surface area (Å²) >= 11 is 0. The number of rotatable bonds is 4. The minimum absolute atomic E-state index is 0.374. The normalized spacial score (nSPS) is 20.0.